The van der Waals surface area contributed by atoms with E-state index in [1.807, 2.05) is 0 Å². The van der Waals surface area contributed by atoms with E-state index in [4.69, 9.17) is 4.52 Å². The molecule has 1 aliphatic heterocycles. The van der Waals surface area contributed by atoms with Crippen LogP contribution < -0.4 is 10.6 Å². The molecule has 92 valence electrons. The summed E-state index contributed by atoms with van der Waals surface area (Å²) in [5.41, 5.74) is 0.407. The van der Waals surface area contributed by atoms with Gasteiger partial charge in [-0.25, -0.2) is 0 Å². The molecule has 2 aliphatic rings. The van der Waals surface area contributed by atoms with Crippen LogP contribution in [0.5, 0.6) is 0 Å². The van der Waals surface area contributed by atoms with Crippen LogP contribution in [0, 0.1) is 0 Å². The number of nitrogens with zero attached hydrogens (tertiary/aromatic N) is 1. The second-order valence-electron chi connectivity index (χ2n) is 4.89. The second kappa shape index (κ2) is 4.49. The molecule has 1 atom stereocenters. The third-order valence-corrected chi connectivity index (χ3v) is 3.41. The molecule has 2 heterocycles. The lowest BCUT2D eigenvalue weighted by Gasteiger charge is -2.09. The van der Waals surface area contributed by atoms with Crippen molar-refractivity contribution in [3.8, 4) is 0 Å². The quantitative estimate of drug-likeness (QED) is 0.818. The molecule has 0 spiro atoms. The van der Waals surface area contributed by atoms with Gasteiger partial charge in [-0.05, 0) is 32.2 Å². The van der Waals surface area contributed by atoms with Crippen molar-refractivity contribution >= 4 is 5.91 Å². The lowest BCUT2D eigenvalue weighted by molar-refractivity contribution is 0.0941. The van der Waals surface area contributed by atoms with Gasteiger partial charge in [0.1, 0.15) is 5.76 Å². The van der Waals surface area contributed by atoms with E-state index >= 15 is 0 Å². The number of carbonyl (C=O) groups excluding carboxylic acids is 1. The van der Waals surface area contributed by atoms with Crippen LogP contribution in [0.15, 0.2) is 10.6 Å². The Hall–Kier alpha value is -1.36. The summed E-state index contributed by atoms with van der Waals surface area (Å²) in [7, 11) is 0. The summed E-state index contributed by atoms with van der Waals surface area (Å²) in [6, 6.07) is 2.18. The van der Waals surface area contributed by atoms with Gasteiger partial charge in [0.2, 0.25) is 0 Å². The highest BCUT2D eigenvalue weighted by atomic mass is 16.5. The summed E-state index contributed by atoms with van der Waals surface area (Å²) in [5.74, 6) is 1.23. The van der Waals surface area contributed by atoms with Crippen molar-refractivity contribution in [1.82, 2.24) is 15.8 Å². The summed E-state index contributed by atoms with van der Waals surface area (Å²) in [5, 5.41) is 10.0. The van der Waals surface area contributed by atoms with E-state index in [2.05, 4.69) is 15.8 Å². The summed E-state index contributed by atoms with van der Waals surface area (Å²) in [4.78, 5) is 11.8. The summed E-state index contributed by atoms with van der Waals surface area (Å²) >= 11 is 0. The predicted octanol–water partition coefficient (Wildman–Crippen LogP) is 1.03. The molecule has 1 saturated carbocycles. The first kappa shape index (κ1) is 10.8. The van der Waals surface area contributed by atoms with Gasteiger partial charge in [0.15, 0.2) is 5.69 Å². The van der Waals surface area contributed by atoms with Crippen LogP contribution in [0.3, 0.4) is 0 Å². The Morgan fingerprint density at radius 1 is 1.53 bits per heavy atom. The minimum atomic E-state index is -0.130. The number of amides is 1. The molecule has 1 aromatic rings. The molecule has 1 aliphatic carbocycles. The average Bonchev–Trinajstić information content (AvgIpc) is 2.88. The highest BCUT2D eigenvalue weighted by Crippen LogP contribution is 2.40. The maximum absolute atomic E-state index is 11.8. The lowest BCUT2D eigenvalue weighted by Crippen LogP contribution is -2.37. The zero-order valence-corrected chi connectivity index (χ0v) is 9.74. The lowest BCUT2D eigenvalue weighted by atomic mass is 10.2. The topological polar surface area (TPSA) is 67.2 Å². The van der Waals surface area contributed by atoms with Crippen LogP contribution in [0.25, 0.3) is 0 Å². The Labute approximate surface area is 99.9 Å². The van der Waals surface area contributed by atoms with Crippen molar-refractivity contribution in [2.24, 2.45) is 0 Å². The molecule has 1 aromatic heterocycles. The first-order valence-corrected chi connectivity index (χ1v) is 6.31. The average molecular weight is 235 g/mol. The van der Waals surface area contributed by atoms with Crippen molar-refractivity contribution in [1.29, 1.82) is 0 Å². The molecule has 0 aromatic carbocycles. The fraction of sp³-hybridized carbons (Fsp3) is 0.667. The van der Waals surface area contributed by atoms with Crippen molar-refractivity contribution in [2.75, 3.05) is 13.1 Å². The smallest absolute Gasteiger partial charge is 0.273 e. The number of carbonyl (C=O) groups is 1. The molecule has 3 rings (SSSR count). The van der Waals surface area contributed by atoms with Crippen LogP contribution in [-0.4, -0.2) is 30.2 Å². The SMILES string of the molecule is O=C(NCC1CCCN1)c1cc(C2CC2)on1. The number of hydrogen-bond donors (Lipinski definition) is 2. The predicted molar refractivity (Wildman–Crippen MR) is 61.8 cm³/mol. The fourth-order valence-electron chi connectivity index (χ4n) is 2.19. The fourth-order valence-corrected chi connectivity index (χ4v) is 2.19. The molecule has 2 fully saturated rings. The highest BCUT2D eigenvalue weighted by Gasteiger charge is 2.29. The Morgan fingerprint density at radius 3 is 3.12 bits per heavy atom. The normalized spacial score (nSPS) is 23.9. The second-order valence-corrected chi connectivity index (χ2v) is 4.89. The van der Waals surface area contributed by atoms with E-state index in [1.54, 1.807) is 6.07 Å². The van der Waals surface area contributed by atoms with Crippen molar-refractivity contribution < 1.29 is 9.32 Å². The van der Waals surface area contributed by atoms with Crippen molar-refractivity contribution in [3.05, 3.63) is 17.5 Å². The third-order valence-electron chi connectivity index (χ3n) is 3.41. The molecule has 17 heavy (non-hydrogen) atoms. The zero-order chi connectivity index (χ0) is 11.7. The number of hydrogen-bond acceptors (Lipinski definition) is 4. The molecule has 1 amide bonds. The van der Waals surface area contributed by atoms with Crippen LogP contribution in [0.2, 0.25) is 0 Å². The number of nitrogens with one attached hydrogen (secondary N) is 2. The molecule has 0 radical (unpaired) electrons. The van der Waals surface area contributed by atoms with Gasteiger partial charge < -0.3 is 15.2 Å². The molecule has 5 nitrogen and oxygen atoms in total. The Morgan fingerprint density at radius 2 is 2.41 bits per heavy atom. The largest absolute Gasteiger partial charge is 0.360 e. The van der Waals surface area contributed by atoms with Gasteiger partial charge in [0.05, 0.1) is 0 Å². The van der Waals surface area contributed by atoms with E-state index in [9.17, 15) is 4.79 Å². The standard InChI is InChI=1S/C12H17N3O2/c16-12(14-7-9-2-1-5-13-9)10-6-11(17-15-10)8-3-4-8/h6,8-9,13H,1-5,7H2,(H,14,16). The van der Waals surface area contributed by atoms with Gasteiger partial charge in [-0.1, -0.05) is 5.16 Å². The van der Waals surface area contributed by atoms with Gasteiger partial charge in [-0.15, -0.1) is 0 Å². The summed E-state index contributed by atoms with van der Waals surface area (Å²) in [6.45, 7) is 1.72. The van der Waals surface area contributed by atoms with Gasteiger partial charge in [-0.2, -0.15) is 0 Å². The van der Waals surface area contributed by atoms with Gasteiger partial charge in [-0.3, -0.25) is 4.79 Å². The Kier molecular flexibility index (Phi) is 2.84. The Bertz CT molecular complexity index is 406. The first-order valence-electron chi connectivity index (χ1n) is 6.31. The monoisotopic (exact) mass is 235 g/mol. The Balaban J connectivity index is 1.53. The van der Waals surface area contributed by atoms with Crippen LogP contribution >= 0.6 is 0 Å². The minimum Gasteiger partial charge on any atom is -0.360 e. The van der Waals surface area contributed by atoms with E-state index in [-0.39, 0.29) is 5.91 Å². The number of aromatic nitrogens is 1. The number of rotatable bonds is 4. The van der Waals surface area contributed by atoms with Gasteiger partial charge in [0.25, 0.3) is 5.91 Å². The van der Waals surface area contributed by atoms with E-state index in [0.29, 0.717) is 24.2 Å². The molecule has 1 unspecified atom stereocenters. The highest BCUT2D eigenvalue weighted by molar-refractivity contribution is 5.92. The zero-order valence-electron chi connectivity index (χ0n) is 9.74. The van der Waals surface area contributed by atoms with E-state index < -0.39 is 0 Å². The van der Waals surface area contributed by atoms with Gasteiger partial charge in [0, 0.05) is 24.6 Å². The first-order chi connectivity index (χ1) is 8.33. The minimum absolute atomic E-state index is 0.130. The molecular formula is C12H17N3O2. The molecular weight excluding hydrogens is 218 g/mol. The molecule has 1 saturated heterocycles. The summed E-state index contributed by atoms with van der Waals surface area (Å²) < 4.78 is 5.16. The van der Waals surface area contributed by atoms with E-state index in [0.717, 1.165) is 31.6 Å². The molecule has 2 N–H and O–H groups in total. The van der Waals surface area contributed by atoms with Crippen LogP contribution in [0.1, 0.15) is 47.8 Å². The molecule has 0 bridgehead atoms. The maximum atomic E-state index is 11.8. The van der Waals surface area contributed by atoms with Crippen molar-refractivity contribution in [3.63, 3.8) is 0 Å². The van der Waals surface area contributed by atoms with Crippen LogP contribution in [-0.2, 0) is 0 Å². The summed E-state index contributed by atoms with van der Waals surface area (Å²) in [6.07, 6.45) is 4.63. The van der Waals surface area contributed by atoms with Crippen LogP contribution in [0.4, 0.5) is 0 Å². The van der Waals surface area contributed by atoms with Crippen molar-refractivity contribution in [2.45, 2.75) is 37.6 Å². The third kappa shape index (κ3) is 2.49. The van der Waals surface area contributed by atoms with Gasteiger partial charge >= 0.3 is 0 Å². The van der Waals surface area contributed by atoms with E-state index in [1.165, 1.54) is 6.42 Å². The maximum Gasteiger partial charge on any atom is 0.273 e. The molecule has 5 heteroatoms.